The van der Waals surface area contributed by atoms with Crippen molar-refractivity contribution in [2.75, 3.05) is 5.33 Å². The summed E-state index contributed by atoms with van der Waals surface area (Å²) in [6.45, 7) is 3.40. The van der Waals surface area contributed by atoms with Crippen molar-refractivity contribution < 1.29 is 9.90 Å². The Morgan fingerprint density at radius 1 is 1.89 bits per heavy atom. The maximum absolute atomic E-state index is 10.2. The van der Waals surface area contributed by atoms with E-state index in [0.717, 1.165) is 0 Å². The van der Waals surface area contributed by atoms with Gasteiger partial charge in [-0.1, -0.05) is 22.0 Å². The lowest BCUT2D eigenvalue weighted by atomic mass is 10.1. The summed E-state index contributed by atoms with van der Waals surface area (Å²) in [5.74, 6) is -1.20. The van der Waals surface area contributed by atoms with Gasteiger partial charge in [-0.3, -0.25) is 4.79 Å². The van der Waals surface area contributed by atoms with Crippen LogP contribution < -0.4 is 0 Å². The average Bonchev–Trinajstić information content (AvgIpc) is 1.82. The monoisotopic (exact) mass is 192 g/mol. The standard InChI is InChI=1S/C6H9BrO2/c1-2-5(3-4-7)6(8)9/h2,5H,1,3-4H2,(H,8,9). The molecule has 0 fully saturated rings. The maximum Gasteiger partial charge on any atom is 0.310 e. The van der Waals surface area contributed by atoms with Gasteiger partial charge in [0.25, 0.3) is 0 Å². The largest absolute Gasteiger partial charge is 0.481 e. The first-order chi connectivity index (χ1) is 4.22. The summed E-state index contributed by atoms with van der Waals surface area (Å²) in [6, 6.07) is 0. The van der Waals surface area contributed by atoms with Crippen molar-refractivity contribution in [2.45, 2.75) is 6.42 Å². The van der Waals surface area contributed by atoms with Crippen LogP contribution in [0, 0.1) is 5.92 Å². The van der Waals surface area contributed by atoms with Crippen LogP contribution in [0.2, 0.25) is 0 Å². The zero-order valence-corrected chi connectivity index (χ0v) is 6.60. The third-order valence-corrected chi connectivity index (χ3v) is 1.48. The summed E-state index contributed by atoms with van der Waals surface area (Å²) >= 11 is 3.15. The van der Waals surface area contributed by atoms with Gasteiger partial charge in [0.05, 0.1) is 5.92 Å². The number of carboxylic acids is 1. The highest BCUT2D eigenvalue weighted by Gasteiger charge is 2.10. The van der Waals surface area contributed by atoms with Crippen LogP contribution in [0.3, 0.4) is 0 Å². The minimum absolute atomic E-state index is 0.399. The fraction of sp³-hybridized carbons (Fsp3) is 0.500. The Hall–Kier alpha value is -0.310. The molecule has 1 atom stereocenters. The van der Waals surface area contributed by atoms with Crippen molar-refractivity contribution in [2.24, 2.45) is 5.92 Å². The molecule has 2 nitrogen and oxygen atoms in total. The highest BCUT2D eigenvalue weighted by atomic mass is 79.9. The van der Waals surface area contributed by atoms with Gasteiger partial charge in [0.1, 0.15) is 0 Å². The zero-order chi connectivity index (χ0) is 7.28. The molecule has 0 rings (SSSR count). The highest BCUT2D eigenvalue weighted by molar-refractivity contribution is 9.09. The van der Waals surface area contributed by atoms with Crippen molar-refractivity contribution in [1.29, 1.82) is 0 Å². The second kappa shape index (κ2) is 4.56. The highest BCUT2D eigenvalue weighted by Crippen LogP contribution is 2.05. The van der Waals surface area contributed by atoms with E-state index >= 15 is 0 Å². The fourth-order valence-electron chi connectivity index (χ4n) is 0.460. The number of aliphatic carboxylic acids is 1. The number of hydrogen-bond acceptors (Lipinski definition) is 1. The van der Waals surface area contributed by atoms with Crippen molar-refractivity contribution >= 4 is 21.9 Å². The summed E-state index contributed by atoms with van der Waals surface area (Å²) in [5, 5.41) is 9.12. The molecule has 0 aliphatic carbocycles. The fourth-order valence-corrected chi connectivity index (χ4v) is 0.953. The average molecular weight is 193 g/mol. The number of carboxylic acid groups (broad SMARTS) is 1. The first kappa shape index (κ1) is 8.69. The van der Waals surface area contributed by atoms with Crippen molar-refractivity contribution in [3.8, 4) is 0 Å². The first-order valence-electron chi connectivity index (χ1n) is 2.63. The van der Waals surface area contributed by atoms with E-state index in [1.165, 1.54) is 6.08 Å². The van der Waals surface area contributed by atoms with Gasteiger partial charge in [0.15, 0.2) is 0 Å². The van der Waals surface area contributed by atoms with Gasteiger partial charge < -0.3 is 5.11 Å². The Balaban J connectivity index is 3.68. The second-order valence-electron chi connectivity index (χ2n) is 1.66. The molecule has 0 aromatic rings. The van der Waals surface area contributed by atoms with Crippen molar-refractivity contribution in [3.63, 3.8) is 0 Å². The Morgan fingerprint density at radius 3 is 2.56 bits per heavy atom. The molecule has 3 heteroatoms. The topological polar surface area (TPSA) is 37.3 Å². The number of carbonyl (C=O) groups is 1. The normalized spacial score (nSPS) is 12.6. The second-order valence-corrected chi connectivity index (χ2v) is 2.45. The molecule has 0 spiro atoms. The van der Waals surface area contributed by atoms with Gasteiger partial charge in [-0.2, -0.15) is 0 Å². The lowest BCUT2D eigenvalue weighted by Crippen LogP contribution is -2.10. The van der Waals surface area contributed by atoms with Gasteiger partial charge in [0, 0.05) is 5.33 Å². The van der Waals surface area contributed by atoms with Crippen LogP contribution in [-0.2, 0) is 4.79 Å². The summed E-state index contributed by atoms with van der Waals surface area (Å²) in [7, 11) is 0. The molecule has 0 aliphatic rings. The molecule has 52 valence electrons. The molecule has 0 radical (unpaired) electrons. The molecule has 1 unspecified atom stereocenters. The van der Waals surface area contributed by atoms with Gasteiger partial charge in [0.2, 0.25) is 0 Å². The van der Waals surface area contributed by atoms with Crippen LogP contribution in [0.1, 0.15) is 6.42 Å². The van der Waals surface area contributed by atoms with Crippen LogP contribution in [0.4, 0.5) is 0 Å². The molecule has 0 saturated heterocycles. The predicted octanol–water partition coefficient (Wildman–Crippen LogP) is 1.66. The number of rotatable bonds is 4. The lowest BCUT2D eigenvalue weighted by molar-refractivity contribution is -0.140. The Kier molecular flexibility index (Phi) is 4.40. The van der Waals surface area contributed by atoms with Gasteiger partial charge in [-0.15, -0.1) is 6.58 Å². The van der Waals surface area contributed by atoms with Crippen LogP contribution in [0.15, 0.2) is 12.7 Å². The molecule has 0 heterocycles. The molecule has 0 bridgehead atoms. The summed E-state index contributed by atoms with van der Waals surface area (Å²) in [6.07, 6.45) is 2.06. The first-order valence-corrected chi connectivity index (χ1v) is 3.75. The predicted molar refractivity (Wildman–Crippen MR) is 39.7 cm³/mol. The molecule has 9 heavy (non-hydrogen) atoms. The SMILES string of the molecule is C=CC(CCBr)C(=O)O. The Labute approximate surface area is 62.7 Å². The van der Waals surface area contributed by atoms with E-state index < -0.39 is 11.9 Å². The third-order valence-electron chi connectivity index (χ3n) is 1.02. The van der Waals surface area contributed by atoms with Crippen LogP contribution in [-0.4, -0.2) is 16.4 Å². The molecule has 0 aliphatic heterocycles. The van der Waals surface area contributed by atoms with E-state index in [2.05, 4.69) is 22.5 Å². The molecular formula is C6H9BrO2. The molecule has 0 amide bonds. The molecule has 0 aromatic carbocycles. The van der Waals surface area contributed by atoms with Crippen LogP contribution in [0.5, 0.6) is 0 Å². The van der Waals surface area contributed by atoms with Gasteiger partial charge in [-0.25, -0.2) is 0 Å². The lowest BCUT2D eigenvalue weighted by Gasteiger charge is -2.01. The van der Waals surface area contributed by atoms with Crippen LogP contribution in [0.25, 0.3) is 0 Å². The third kappa shape index (κ3) is 3.30. The summed E-state index contributed by atoms with van der Waals surface area (Å²) in [4.78, 5) is 10.2. The molecule has 1 N–H and O–H groups in total. The summed E-state index contributed by atoms with van der Waals surface area (Å²) < 4.78 is 0. The number of alkyl halides is 1. The minimum atomic E-state index is -0.801. The van der Waals surface area contributed by atoms with E-state index in [1.807, 2.05) is 0 Å². The number of halogens is 1. The summed E-state index contributed by atoms with van der Waals surface area (Å²) in [5.41, 5.74) is 0. The van der Waals surface area contributed by atoms with E-state index in [-0.39, 0.29) is 0 Å². The molecule has 0 aromatic heterocycles. The maximum atomic E-state index is 10.2. The van der Waals surface area contributed by atoms with E-state index in [9.17, 15) is 4.79 Å². The zero-order valence-electron chi connectivity index (χ0n) is 5.01. The van der Waals surface area contributed by atoms with Gasteiger partial charge >= 0.3 is 5.97 Å². The van der Waals surface area contributed by atoms with Crippen molar-refractivity contribution in [3.05, 3.63) is 12.7 Å². The van der Waals surface area contributed by atoms with E-state index in [1.54, 1.807) is 0 Å². The molecular weight excluding hydrogens is 184 g/mol. The molecule has 0 saturated carbocycles. The van der Waals surface area contributed by atoms with Crippen LogP contribution >= 0.6 is 15.9 Å². The minimum Gasteiger partial charge on any atom is -0.481 e. The van der Waals surface area contributed by atoms with Crippen molar-refractivity contribution in [1.82, 2.24) is 0 Å². The number of hydrogen-bond donors (Lipinski definition) is 1. The van der Waals surface area contributed by atoms with E-state index in [4.69, 9.17) is 5.11 Å². The quantitative estimate of drug-likeness (QED) is 0.544. The smallest absolute Gasteiger partial charge is 0.310 e. The van der Waals surface area contributed by atoms with Gasteiger partial charge in [-0.05, 0) is 6.42 Å². The Bertz CT molecular complexity index is 112. The van der Waals surface area contributed by atoms with E-state index in [0.29, 0.717) is 11.8 Å². The Morgan fingerprint density at radius 2 is 2.44 bits per heavy atom.